The first kappa shape index (κ1) is 14.5. The lowest BCUT2D eigenvalue weighted by molar-refractivity contribution is -0.127. The van der Waals surface area contributed by atoms with Gasteiger partial charge in [-0.1, -0.05) is 55.1 Å². The van der Waals surface area contributed by atoms with Crippen LogP contribution in [0.4, 0.5) is 0 Å². The molecule has 3 heteroatoms. The molecule has 3 nitrogen and oxygen atoms in total. The fraction of sp³-hybridized carbons (Fsp3) is 0.211. The van der Waals surface area contributed by atoms with Crippen molar-refractivity contribution >= 4 is 5.91 Å². The monoisotopic (exact) mass is 293 g/mol. The van der Waals surface area contributed by atoms with E-state index in [4.69, 9.17) is 0 Å². The van der Waals surface area contributed by atoms with Gasteiger partial charge in [-0.3, -0.25) is 4.79 Å². The molecule has 1 amide bonds. The number of carbonyl (C=O) groups is 1. The van der Waals surface area contributed by atoms with Gasteiger partial charge in [-0.25, -0.2) is 0 Å². The molecular formula is C19H19NO2. The standard InChI is InChI=1S/C19H19NO2/c1-2-19(22)20-11-16-10-14(13-21)8-9-17(16)18(12-20)15-6-4-3-5-7-15/h2-10,18,21H,1,11-13H2/t18-/m0/s1. The number of hydrogen-bond acceptors (Lipinski definition) is 2. The second-order valence-corrected chi connectivity index (χ2v) is 5.58. The minimum absolute atomic E-state index is 0.0126. The Hall–Kier alpha value is -2.39. The van der Waals surface area contributed by atoms with E-state index in [1.54, 1.807) is 0 Å². The maximum Gasteiger partial charge on any atom is 0.246 e. The zero-order chi connectivity index (χ0) is 15.5. The van der Waals surface area contributed by atoms with E-state index >= 15 is 0 Å². The lowest BCUT2D eigenvalue weighted by atomic mass is 9.84. The summed E-state index contributed by atoms with van der Waals surface area (Å²) in [6, 6.07) is 16.2. The summed E-state index contributed by atoms with van der Waals surface area (Å²) >= 11 is 0. The minimum atomic E-state index is -0.0546. The van der Waals surface area contributed by atoms with Crippen LogP contribution < -0.4 is 0 Å². The van der Waals surface area contributed by atoms with Gasteiger partial charge in [-0.15, -0.1) is 0 Å². The summed E-state index contributed by atoms with van der Waals surface area (Å²) in [7, 11) is 0. The molecule has 0 saturated carbocycles. The molecule has 1 aliphatic rings. The van der Waals surface area contributed by atoms with Crippen LogP contribution in [0.25, 0.3) is 0 Å². The minimum Gasteiger partial charge on any atom is -0.392 e. The molecule has 0 bridgehead atoms. The zero-order valence-electron chi connectivity index (χ0n) is 12.4. The molecule has 0 saturated heterocycles. The lowest BCUT2D eigenvalue weighted by Gasteiger charge is -2.35. The molecule has 1 aliphatic heterocycles. The largest absolute Gasteiger partial charge is 0.392 e. The number of carbonyl (C=O) groups excluding carboxylic acids is 1. The molecule has 0 aromatic heterocycles. The van der Waals surface area contributed by atoms with Gasteiger partial charge < -0.3 is 10.0 Å². The Balaban J connectivity index is 2.06. The number of hydrogen-bond donors (Lipinski definition) is 1. The van der Waals surface area contributed by atoms with Crippen LogP contribution >= 0.6 is 0 Å². The highest BCUT2D eigenvalue weighted by Crippen LogP contribution is 2.34. The molecule has 0 radical (unpaired) electrons. The molecule has 2 aromatic carbocycles. The number of benzene rings is 2. The van der Waals surface area contributed by atoms with Gasteiger partial charge in [0.15, 0.2) is 0 Å². The fourth-order valence-corrected chi connectivity index (χ4v) is 3.09. The zero-order valence-corrected chi connectivity index (χ0v) is 12.4. The Kier molecular flexibility index (Phi) is 4.07. The summed E-state index contributed by atoms with van der Waals surface area (Å²) in [5, 5.41) is 9.35. The van der Waals surface area contributed by atoms with Gasteiger partial charge in [-0.2, -0.15) is 0 Å². The van der Waals surface area contributed by atoms with Crippen LogP contribution in [0.3, 0.4) is 0 Å². The first-order valence-electron chi connectivity index (χ1n) is 7.41. The average molecular weight is 293 g/mol. The van der Waals surface area contributed by atoms with Crippen molar-refractivity contribution in [3.8, 4) is 0 Å². The maximum atomic E-state index is 12.1. The summed E-state index contributed by atoms with van der Waals surface area (Å²) < 4.78 is 0. The van der Waals surface area contributed by atoms with Gasteiger partial charge in [0.25, 0.3) is 0 Å². The molecule has 2 aromatic rings. The smallest absolute Gasteiger partial charge is 0.246 e. The molecule has 22 heavy (non-hydrogen) atoms. The summed E-state index contributed by atoms with van der Waals surface area (Å²) in [6.07, 6.45) is 1.36. The van der Waals surface area contributed by atoms with Crippen LogP contribution in [0.1, 0.15) is 28.2 Å². The molecule has 1 heterocycles. The van der Waals surface area contributed by atoms with E-state index in [9.17, 15) is 9.90 Å². The number of fused-ring (bicyclic) bond motifs is 1. The summed E-state index contributed by atoms with van der Waals surface area (Å²) in [6.45, 7) is 4.82. The predicted molar refractivity (Wildman–Crippen MR) is 86.3 cm³/mol. The number of amides is 1. The van der Waals surface area contributed by atoms with Crippen LogP contribution in [0.5, 0.6) is 0 Å². The molecule has 0 spiro atoms. The summed E-state index contributed by atoms with van der Waals surface area (Å²) in [5.41, 5.74) is 4.40. The SMILES string of the molecule is C=CC(=O)N1Cc2cc(CO)ccc2[C@H](c2ccccc2)C1. The van der Waals surface area contributed by atoms with Crippen molar-refractivity contribution in [2.45, 2.75) is 19.1 Å². The Morgan fingerprint density at radius 3 is 2.73 bits per heavy atom. The second kappa shape index (κ2) is 6.16. The van der Waals surface area contributed by atoms with Gasteiger partial charge >= 0.3 is 0 Å². The average Bonchev–Trinajstić information content (AvgIpc) is 2.60. The third kappa shape index (κ3) is 2.68. The van der Waals surface area contributed by atoms with Crippen LogP contribution in [0, 0.1) is 0 Å². The van der Waals surface area contributed by atoms with Crippen molar-refractivity contribution in [3.05, 3.63) is 83.4 Å². The van der Waals surface area contributed by atoms with E-state index in [1.807, 2.05) is 35.2 Å². The molecule has 0 aliphatic carbocycles. The van der Waals surface area contributed by atoms with Crippen molar-refractivity contribution in [3.63, 3.8) is 0 Å². The van der Waals surface area contributed by atoms with Gasteiger partial charge in [-0.05, 0) is 28.3 Å². The topological polar surface area (TPSA) is 40.5 Å². The van der Waals surface area contributed by atoms with Crippen LogP contribution in [0.2, 0.25) is 0 Å². The fourth-order valence-electron chi connectivity index (χ4n) is 3.09. The number of rotatable bonds is 3. The Morgan fingerprint density at radius 2 is 2.05 bits per heavy atom. The normalized spacial score (nSPS) is 17.0. The van der Waals surface area contributed by atoms with Crippen molar-refractivity contribution < 1.29 is 9.90 Å². The highest BCUT2D eigenvalue weighted by molar-refractivity contribution is 5.87. The van der Waals surface area contributed by atoms with Crippen molar-refractivity contribution in [2.24, 2.45) is 0 Å². The molecule has 0 unspecified atom stereocenters. The molecular weight excluding hydrogens is 274 g/mol. The van der Waals surface area contributed by atoms with Crippen LogP contribution in [-0.4, -0.2) is 22.5 Å². The van der Waals surface area contributed by atoms with E-state index in [0.717, 1.165) is 11.1 Å². The van der Waals surface area contributed by atoms with Gasteiger partial charge in [0.2, 0.25) is 5.91 Å². The summed E-state index contributed by atoms with van der Waals surface area (Å²) in [5.74, 6) is 0.0996. The number of nitrogens with zero attached hydrogens (tertiary/aromatic N) is 1. The quantitative estimate of drug-likeness (QED) is 0.884. The third-order valence-electron chi connectivity index (χ3n) is 4.22. The predicted octanol–water partition coefficient (Wildman–Crippen LogP) is 2.84. The van der Waals surface area contributed by atoms with Gasteiger partial charge in [0.05, 0.1) is 6.61 Å². The van der Waals surface area contributed by atoms with Crippen molar-refractivity contribution in [1.29, 1.82) is 0 Å². The Morgan fingerprint density at radius 1 is 1.27 bits per heavy atom. The molecule has 3 rings (SSSR count). The third-order valence-corrected chi connectivity index (χ3v) is 4.22. The van der Waals surface area contributed by atoms with E-state index in [2.05, 4.69) is 24.8 Å². The first-order chi connectivity index (χ1) is 10.7. The highest BCUT2D eigenvalue weighted by atomic mass is 16.3. The maximum absolute atomic E-state index is 12.1. The number of aliphatic hydroxyl groups excluding tert-OH is 1. The van der Waals surface area contributed by atoms with Crippen LogP contribution in [0.15, 0.2) is 61.2 Å². The van der Waals surface area contributed by atoms with E-state index in [-0.39, 0.29) is 18.4 Å². The Labute approximate surface area is 130 Å². The first-order valence-corrected chi connectivity index (χ1v) is 7.41. The van der Waals surface area contributed by atoms with Crippen molar-refractivity contribution in [2.75, 3.05) is 6.54 Å². The van der Waals surface area contributed by atoms with E-state index < -0.39 is 0 Å². The van der Waals surface area contributed by atoms with Gasteiger partial charge in [0.1, 0.15) is 0 Å². The van der Waals surface area contributed by atoms with Gasteiger partial charge in [0, 0.05) is 19.0 Å². The second-order valence-electron chi connectivity index (χ2n) is 5.58. The Bertz CT molecular complexity index is 694. The number of aliphatic hydroxyl groups is 1. The molecule has 112 valence electrons. The molecule has 1 atom stereocenters. The van der Waals surface area contributed by atoms with E-state index in [0.29, 0.717) is 13.1 Å². The lowest BCUT2D eigenvalue weighted by Crippen LogP contribution is -2.37. The summed E-state index contributed by atoms with van der Waals surface area (Å²) in [4.78, 5) is 13.9. The van der Waals surface area contributed by atoms with Crippen LogP contribution in [-0.2, 0) is 17.9 Å². The molecule has 0 fully saturated rings. The van der Waals surface area contributed by atoms with Crippen molar-refractivity contribution in [1.82, 2.24) is 4.90 Å². The van der Waals surface area contributed by atoms with E-state index in [1.165, 1.54) is 17.2 Å². The highest BCUT2D eigenvalue weighted by Gasteiger charge is 2.28. The molecule has 1 N–H and O–H groups in total.